The summed E-state index contributed by atoms with van der Waals surface area (Å²) in [5.74, 6) is -0.730. The van der Waals surface area contributed by atoms with Crippen molar-refractivity contribution in [1.29, 1.82) is 0 Å². The zero-order chi connectivity index (χ0) is 15.1. The first-order valence-corrected chi connectivity index (χ1v) is 5.93. The largest absolute Gasteiger partial charge is 0.493 e. The molecule has 0 saturated carbocycles. The van der Waals surface area contributed by atoms with Crippen LogP contribution in [0, 0.1) is 0 Å². The number of esters is 2. The van der Waals surface area contributed by atoms with Gasteiger partial charge in [-0.25, -0.2) is 0 Å². The second-order valence-electron chi connectivity index (χ2n) is 3.97. The van der Waals surface area contributed by atoms with E-state index in [0.29, 0.717) is 17.1 Å². The number of carbonyl (C=O) groups excluding carboxylic acids is 2. The Bertz CT molecular complexity index is 483. The highest BCUT2D eigenvalue weighted by atomic mass is 16.5. The van der Waals surface area contributed by atoms with Gasteiger partial charge in [0.2, 0.25) is 0 Å². The van der Waals surface area contributed by atoms with Gasteiger partial charge in [0, 0.05) is 0 Å². The molecule has 6 nitrogen and oxygen atoms in total. The molecule has 0 N–H and O–H groups in total. The first kappa shape index (κ1) is 15.8. The first-order valence-electron chi connectivity index (χ1n) is 5.93. The van der Waals surface area contributed by atoms with Gasteiger partial charge < -0.3 is 18.9 Å². The lowest BCUT2D eigenvalue weighted by Crippen LogP contribution is -2.19. The quantitative estimate of drug-likeness (QED) is 0.737. The highest BCUT2D eigenvalue weighted by Gasteiger charge is 2.26. The van der Waals surface area contributed by atoms with Crippen LogP contribution in [-0.2, 0) is 19.1 Å². The number of benzene rings is 1. The maximum Gasteiger partial charge on any atom is 0.313 e. The standard InChI is InChI=1S/C14H18O6/c1-17-11-6-5-9(7-12(11)18-2)10(14(16)20-4)8-13(15)19-3/h5-7,10H,8H2,1-4H3/t10-/m1/s1. The van der Waals surface area contributed by atoms with Gasteiger partial charge in [-0.2, -0.15) is 0 Å². The molecule has 0 heterocycles. The molecule has 0 saturated heterocycles. The molecule has 0 aromatic heterocycles. The Labute approximate surface area is 117 Å². The van der Waals surface area contributed by atoms with E-state index in [4.69, 9.17) is 14.2 Å². The fourth-order valence-electron chi connectivity index (χ4n) is 1.80. The van der Waals surface area contributed by atoms with Gasteiger partial charge in [0.1, 0.15) is 0 Å². The molecule has 0 aliphatic carbocycles. The molecular weight excluding hydrogens is 264 g/mol. The van der Waals surface area contributed by atoms with Gasteiger partial charge in [-0.15, -0.1) is 0 Å². The lowest BCUT2D eigenvalue weighted by atomic mass is 9.95. The Hall–Kier alpha value is -2.24. The highest BCUT2D eigenvalue weighted by molar-refractivity contribution is 5.84. The van der Waals surface area contributed by atoms with Crippen molar-refractivity contribution in [2.45, 2.75) is 12.3 Å². The summed E-state index contributed by atoms with van der Waals surface area (Å²) < 4.78 is 19.6. The maximum absolute atomic E-state index is 11.8. The number of methoxy groups -OCH3 is 4. The van der Waals surface area contributed by atoms with Crippen LogP contribution >= 0.6 is 0 Å². The SMILES string of the molecule is COC(=O)C[C@@H](C(=O)OC)c1ccc(OC)c(OC)c1. The van der Waals surface area contributed by atoms with Crippen molar-refractivity contribution in [2.24, 2.45) is 0 Å². The summed E-state index contributed by atoms with van der Waals surface area (Å²) in [5, 5.41) is 0. The third-order valence-corrected chi connectivity index (χ3v) is 2.89. The molecule has 0 bridgehead atoms. The summed E-state index contributed by atoms with van der Waals surface area (Å²) in [5.41, 5.74) is 0.597. The molecule has 1 atom stereocenters. The van der Waals surface area contributed by atoms with E-state index in [1.54, 1.807) is 18.2 Å². The fourth-order valence-corrected chi connectivity index (χ4v) is 1.80. The van der Waals surface area contributed by atoms with Gasteiger partial charge in [0.25, 0.3) is 0 Å². The van der Waals surface area contributed by atoms with E-state index < -0.39 is 17.9 Å². The Balaban J connectivity index is 3.13. The summed E-state index contributed by atoms with van der Waals surface area (Å²) in [6.45, 7) is 0. The van der Waals surface area contributed by atoms with E-state index in [2.05, 4.69) is 4.74 Å². The average molecular weight is 282 g/mol. The van der Waals surface area contributed by atoms with Crippen LogP contribution in [0.1, 0.15) is 17.9 Å². The molecule has 20 heavy (non-hydrogen) atoms. The van der Waals surface area contributed by atoms with Crippen molar-refractivity contribution in [3.05, 3.63) is 23.8 Å². The van der Waals surface area contributed by atoms with Gasteiger partial charge in [-0.1, -0.05) is 6.07 Å². The van der Waals surface area contributed by atoms with Crippen LogP contribution in [0.15, 0.2) is 18.2 Å². The van der Waals surface area contributed by atoms with Gasteiger partial charge in [0.05, 0.1) is 40.8 Å². The van der Waals surface area contributed by atoms with Crippen LogP contribution in [0.5, 0.6) is 11.5 Å². The lowest BCUT2D eigenvalue weighted by Gasteiger charge is -2.16. The Kier molecular flexibility index (Phi) is 5.83. The molecule has 0 radical (unpaired) electrons. The molecule has 6 heteroatoms. The second-order valence-corrected chi connectivity index (χ2v) is 3.97. The minimum atomic E-state index is -0.743. The second kappa shape index (κ2) is 7.37. The van der Waals surface area contributed by atoms with Crippen LogP contribution in [0.4, 0.5) is 0 Å². The van der Waals surface area contributed by atoms with Crippen molar-refractivity contribution in [3.63, 3.8) is 0 Å². The summed E-state index contributed by atoms with van der Waals surface area (Å²) in [4.78, 5) is 23.2. The van der Waals surface area contributed by atoms with E-state index in [0.717, 1.165) is 0 Å². The van der Waals surface area contributed by atoms with E-state index >= 15 is 0 Å². The van der Waals surface area contributed by atoms with E-state index in [9.17, 15) is 9.59 Å². The molecule has 1 aromatic rings. The Morgan fingerprint density at radius 3 is 2.15 bits per heavy atom. The monoisotopic (exact) mass is 282 g/mol. The minimum absolute atomic E-state index is 0.0986. The normalized spacial score (nSPS) is 11.4. The average Bonchev–Trinajstić information content (AvgIpc) is 2.50. The molecule has 1 aromatic carbocycles. The third-order valence-electron chi connectivity index (χ3n) is 2.89. The molecule has 1 rings (SSSR count). The number of ether oxygens (including phenoxy) is 4. The third kappa shape index (κ3) is 3.63. The number of hydrogen-bond donors (Lipinski definition) is 0. The molecule has 0 unspecified atom stereocenters. The van der Waals surface area contributed by atoms with Crippen LogP contribution < -0.4 is 9.47 Å². The van der Waals surface area contributed by atoms with Gasteiger partial charge >= 0.3 is 11.9 Å². The molecule has 0 amide bonds. The summed E-state index contributed by atoms with van der Waals surface area (Å²) in [6, 6.07) is 5.00. The van der Waals surface area contributed by atoms with Crippen LogP contribution in [0.2, 0.25) is 0 Å². The zero-order valence-electron chi connectivity index (χ0n) is 12.0. The molecule has 0 aliphatic rings. The predicted octanol–water partition coefficient (Wildman–Crippen LogP) is 1.52. The van der Waals surface area contributed by atoms with Crippen LogP contribution in [-0.4, -0.2) is 40.4 Å². The molecule has 0 spiro atoms. The number of carbonyl (C=O) groups is 2. The van der Waals surface area contributed by atoms with Gasteiger partial charge in [-0.3, -0.25) is 9.59 Å². The number of rotatable bonds is 6. The van der Waals surface area contributed by atoms with E-state index in [1.165, 1.54) is 28.4 Å². The predicted molar refractivity (Wildman–Crippen MR) is 70.9 cm³/mol. The molecular formula is C14H18O6. The molecule has 0 aliphatic heterocycles. The van der Waals surface area contributed by atoms with Gasteiger partial charge in [0.15, 0.2) is 11.5 Å². The van der Waals surface area contributed by atoms with Crippen molar-refractivity contribution in [3.8, 4) is 11.5 Å². The van der Waals surface area contributed by atoms with E-state index in [-0.39, 0.29) is 6.42 Å². The van der Waals surface area contributed by atoms with E-state index in [1.807, 2.05) is 0 Å². The highest BCUT2D eigenvalue weighted by Crippen LogP contribution is 2.32. The smallest absolute Gasteiger partial charge is 0.313 e. The molecule has 110 valence electrons. The zero-order valence-corrected chi connectivity index (χ0v) is 12.0. The topological polar surface area (TPSA) is 71.1 Å². The summed E-state index contributed by atoms with van der Waals surface area (Å²) in [7, 11) is 5.55. The van der Waals surface area contributed by atoms with Crippen LogP contribution in [0.3, 0.4) is 0 Å². The maximum atomic E-state index is 11.8. The summed E-state index contributed by atoms with van der Waals surface area (Å²) >= 11 is 0. The van der Waals surface area contributed by atoms with Crippen molar-refractivity contribution in [2.75, 3.05) is 28.4 Å². The molecule has 0 fully saturated rings. The minimum Gasteiger partial charge on any atom is -0.493 e. The van der Waals surface area contributed by atoms with Crippen molar-refractivity contribution < 1.29 is 28.5 Å². The fraction of sp³-hybridized carbons (Fsp3) is 0.429. The van der Waals surface area contributed by atoms with Crippen LogP contribution in [0.25, 0.3) is 0 Å². The summed E-state index contributed by atoms with van der Waals surface area (Å²) in [6.07, 6.45) is -0.0986. The number of hydrogen-bond acceptors (Lipinski definition) is 6. The first-order chi connectivity index (χ1) is 9.57. The lowest BCUT2D eigenvalue weighted by molar-refractivity contribution is -0.149. The Morgan fingerprint density at radius 2 is 1.65 bits per heavy atom. The Morgan fingerprint density at radius 1 is 1.00 bits per heavy atom. The van der Waals surface area contributed by atoms with Gasteiger partial charge in [-0.05, 0) is 17.7 Å². The van der Waals surface area contributed by atoms with Crippen molar-refractivity contribution in [1.82, 2.24) is 0 Å². The van der Waals surface area contributed by atoms with Crippen molar-refractivity contribution >= 4 is 11.9 Å².